The molecule has 28 heavy (non-hydrogen) atoms. The molecule has 154 valence electrons. The van der Waals surface area contributed by atoms with Gasteiger partial charge in [0.05, 0.1) is 30.6 Å². The summed E-state index contributed by atoms with van der Waals surface area (Å²) < 4.78 is 37.3. The molecular weight excluding hydrogens is 384 g/mol. The van der Waals surface area contributed by atoms with E-state index in [1.807, 2.05) is 0 Å². The second-order valence-electron chi connectivity index (χ2n) is 6.89. The van der Waals surface area contributed by atoms with Crippen molar-refractivity contribution in [2.75, 3.05) is 46.0 Å². The predicted molar refractivity (Wildman–Crippen MR) is 101 cm³/mol. The zero-order valence-electron chi connectivity index (χ0n) is 16.0. The Hall–Kier alpha value is -1.97. The third-order valence-corrected chi connectivity index (χ3v) is 6.91. The number of sulfonamides is 1. The van der Waals surface area contributed by atoms with Crippen LogP contribution in [0.15, 0.2) is 29.2 Å². The Labute approximate surface area is 165 Å². The van der Waals surface area contributed by atoms with Crippen LogP contribution < -0.4 is 0 Å². The van der Waals surface area contributed by atoms with Crippen LogP contribution in [0.1, 0.15) is 30.1 Å². The third kappa shape index (κ3) is 4.53. The van der Waals surface area contributed by atoms with Gasteiger partial charge in [0.1, 0.15) is 0 Å². The summed E-state index contributed by atoms with van der Waals surface area (Å²) in [4.78, 5) is 26.6. The first-order valence-electron chi connectivity index (χ1n) is 9.57. The predicted octanol–water partition coefficient (Wildman–Crippen LogP) is 1.12. The first-order chi connectivity index (χ1) is 13.4. The van der Waals surface area contributed by atoms with Crippen molar-refractivity contribution in [3.05, 3.63) is 29.8 Å². The van der Waals surface area contributed by atoms with Crippen LogP contribution in [-0.2, 0) is 24.3 Å². The maximum absolute atomic E-state index is 12.9. The van der Waals surface area contributed by atoms with Crippen LogP contribution in [0, 0.1) is 5.92 Å². The van der Waals surface area contributed by atoms with E-state index < -0.39 is 10.0 Å². The van der Waals surface area contributed by atoms with Crippen LogP contribution in [-0.4, -0.2) is 75.5 Å². The van der Waals surface area contributed by atoms with E-state index in [0.29, 0.717) is 57.9 Å². The zero-order valence-corrected chi connectivity index (χ0v) is 16.8. The first-order valence-corrected chi connectivity index (χ1v) is 11.0. The van der Waals surface area contributed by atoms with Gasteiger partial charge in [-0.05, 0) is 38.0 Å². The number of hydrogen-bond acceptors (Lipinski definition) is 6. The van der Waals surface area contributed by atoms with Crippen LogP contribution in [0.4, 0.5) is 0 Å². The van der Waals surface area contributed by atoms with Gasteiger partial charge in [0.15, 0.2) is 0 Å². The summed E-state index contributed by atoms with van der Waals surface area (Å²) >= 11 is 0. The minimum absolute atomic E-state index is 0.0965. The average Bonchev–Trinajstić information content (AvgIpc) is 2.74. The lowest BCUT2D eigenvalue weighted by Gasteiger charge is -2.31. The number of piperidine rings is 1. The maximum atomic E-state index is 12.9. The molecule has 8 nitrogen and oxygen atoms in total. The fourth-order valence-electron chi connectivity index (χ4n) is 3.52. The number of amides is 1. The molecule has 0 aliphatic carbocycles. The number of nitrogens with zero attached hydrogens (tertiary/aromatic N) is 2. The molecule has 0 aromatic heterocycles. The molecule has 0 N–H and O–H groups in total. The second kappa shape index (κ2) is 9.02. The van der Waals surface area contributed by atoms with Crippen molar-refractivity contribution in [1.82, 2.24) is 9.21 Å². The Morgan fingerprint density at radius 1 is 1.21 bits per heavy atom. The number of esters is 1. The van der Waals surface area contributed by atoms with Gasteiger partial charge >= 0.3 is 5.97 Å². The number of hydrogen-bond donors (Lipinski definition) is 0. The van der Waals surface area contributed by atoms with Gasteiger partial charge in [0.2, 0.25) is 10.0 Å². The molecule has 0 unspecified atom stereocenters. The van der Waals surface area contributed by atoms with Gasteiger partial charge in [-0.1, -0.05) is 6.07 Å². The van der Waals surface area contributed by atoms with Crippen LogP contribution in [0.25, 0.3) is 0 Å². The van der Waals surface area contributed by atoms with Gasteiger partial charge in [0, 0.05) is 31.7 Å². The molecular formula is C19H26N2O6S. The van der Waals surface area contributed by atoms with Crippen molar-refractivity contribution in [2.45, 2.75) is 24.7 Å². The fourth-order valence-corrected chi connectivity index (χ4v) is 4.98. The highest BCUT2D eigenvalue weighted by Gasteiger charge is 2.31. The van der Waals surface area contributed by atoms with E-state index >= 15 is 0 Å². The standard InChI is InChI=1S/C19H26N2O6S/c1-2-27-19(23)16-6-4-8-20(14-16)18(22)15-5-3-7-17(13-15)28(24,25)21-9-11-26-12-10-21/h3,5,7,13,16H,2,4,6,8-12,14H2,1H3/t16-/m0/s1. The molecule has 3 rings (SSSR count). The van der Waals surface area contributed by atoms with E-state index in [1.165, 1.54) is 16.4 Å². The highest BCUT2D eigenvalue weighted by Crippen LogP contribution is 2.22. The van der Waals surface area contributed by atoms with Gasteiger partial charge < -0.3 is 14.4 Å². The van der Waals surface area contributed by atoms with Crippen molar-refractivity contribution in [3.63, 3.8) is 0 Å². The molecule has 0 saturated carbocycles. The molecule has 2 fully saturated rings. The highest BCUT2D eigenvalue weighted by molar-refractivity contribution is 7.89. The Balaban J connectivity index is 1.76. The van der Waals surface area contributed by atoms with Crippen molar-refractivity contribution in [2.24, 2.45) is 5.92 Å². The lowest BCUT2D eigenvalue weighted by atomic mass is 9.97. The Bertz CT molecular complexity index is 819. The van der Waals surface area contributed by atoms with Crippen molar-refractivity contribution in [1.29, 1.82) is 0 Å². The molecule has 0 radical (unpaired) electrons. The molecule has 1 atom stereocenters. The minimum atomic E-state index is -3.67. The summed E-state index contributed by atoms with van der Waals surface area (Å²) in [6, 6.07) is 6.10. The Morgan fingerprint density at radius 2 is 1.96 bits per heavy atom. The van der Waals surface area contributed by atoms with Crippen LogP contribution in [0.3, 0.4) is 0 Å². The van der Waals surface area contributed by atoms with E-state index in [4.69, 9.17) is 9.47 Å². The summed E-state index contributed by atoms with van der Waals surface area (Å²) in [6.07, 6.45) is 1.40. The average molecular weight is 410 g/mol. The highest BCUT2D eigenvalue weighted by atomic mass is 32.2. The van der Waals surface area contributed by atoms with Gasteiger partial charge in [-0.2, -0.15) is 4.31 Å². The van der Waals surface area contributed by atoms with E-state index in [1.54, 1.807) is 24.0 Å². The van der Waals surface area contributed by atoms with E-state index in [9.17, 15) is 18.0 Å². The monoisotopic (exact) mass is 410 g/mol. The molecule has 0 spiro atoms. The summed E-state index contributed by atoms with van der Waals surface area (Å²) in [5, 5.41) is 0. The lowest BCUT2D eigenvalue weighted by Crippen LogP contribution is -2.43. The van der Waals surface area contributed by atoms with Crippen LogP contribution in [0.2, 0.25) is 0 Å². The largest absolute Gasteiger partial charge is 0.466 e. The SMILES string of the molecule is CCOC(=O)[C@H]1CCCN(C(=O)c2cccc(S(=O)(=O)N3CCOCC3)c2)C1. The van der Waals surface area contributed by atoms with Gasteiger partial charge in [-0.15, -0.1) is 0 Å². The normalized spacial score (nSPS) is 21.3. The lowest BCUT2D eigenvalue weighted by molar-refractivity contribution is -0.149. The topological polar surface area (TPSA) is 93.2 Å². The van der Waals surface area contributed by atoms with E-state index in [-0.39, 0.29) is 29.2 Å². The van der Waals surface area contributed by atoms with E-state index in [0.717, 1.165) is 0 Å². The third-order valence-electron chi connectivity index (χ3n) is 5.02. The van der Waals surface area contributed by atoms with Crippen molar-refractivity contribution in [3.8, 4) is 0 Å². The molecule has 9 heteroatoms. The quantitative estimate of drug-likeness (QED) is 0.676. The smallest absolute Gasteiger partial charge is 0.310 e. The number of benzene rings is 1. The molecule has 2 heterocycles. The summed E-state index contributed by atoms with van der Waals surface area (Å²) in [5.41, 5.74) is 0.304. The number of carbonyl (C=O) groups excluding carboxylic acids is 2. The van der Waals surface area contributed by atoms with Crippen LogP contribution in [0.5, 0.6) is 0 Å². The summed E-state index contributed by atoms with van der Waals surface area (Å²) in [5.74, 6) is -0.894. The van der Waals surface area contributed by atoms with Crippen molar-refractivity contribution >= 4 is 21.9 Å². The van der Waals surface area contributed by atoms with Crippen LogP contribution >= 0.6 is 0 Å². The number of rotatable bonds is 5. The van der Waals surface area contributed by atoms with Gasteiger partial charge in [-0.3, -0.25) is 9.59 Å². The number of morpholine rings is 1. The van der Waals surface area contributed by atoms with Gasteiger partial charge in [0.25, 0.3) is 5.91 Å². The molecule has 2 aliphatic rings. The second-order valence-corrected chi connectivity index (χ2v) is 8.82. The molecule has 0 bridgehead atoms. The Morgan fingerprint density at radius 3 is 2.68 bits per heavy atom. The maximum Gasteiger partial charge on any atom is 0.310 e. The summed E-state index contributed by atoms with van der Waals surface area (Å²) in [6.45, 7) is 4.21. The summed E-state index contributed by atoms with van der Waals surface area (Å²) in [7, 11) is -3.67. The molecule has 1 aromatic carbocycles. The molecule has 2 aliphatic heterocycles. The fraction of sp³-hybridized carbons (Fsp3) is 0.579. The van der Waals surface area contributed by atoms with Crippen molar-refractivity contribution < 1.29 is 27.5 Å². The molecule has 1 amide bonds. The Kier molecular flexibility index (Phi) is 6.69. The number of carbonyl (C=O) groups is 2. The van der Waals surface area contributed by atoms with E-state index in [2.05, 4.69) is 0 Å². The van der Waals surface area contributed by atoms with Gasteiger partial charge in [-0.25, -0.2) is 8.42 Å². The molecule has 1 aromatic rings. The number of likely N-dealkylation sites (tertiary alicyclic amines) is 1. The zero-order chi connectivity index (χ0) is 20.1. The first kappa shape index (κ1) is 20.8. The molecule has 2 saturated heterocycles. The number of ether oxygens (including phenoxy) is 2. The minimum Gasteiger partial charge on any atom is -0.466 e.